The molecule has 0 bridgehead atoms. The molecule has 0 aliphatic carbocycles. The highest BCUT2D eigenvalue weighted by Crippen LogP contribution is 2.39. The summed E-state index contributed by atoms with van der Waals surface area (Å²) in [5.41, 5.74) is 0.357. The molecule has 46 heavy (non-hydrogen) atoms. The zero-order valence-corrected chi connectivity index (χ0v) is 25.6. The Kier molecular flexibility index (Phi) is 13.9. The molecule has 0 aliphatic heterocycles. The fourth-order valence-corrected chi connectivity index (χ4v) is 4.02. The van der Waals surface area contributed by atoms with Gasteiger partial charge >= 0.3 is 12.7 Å². The molecule has 0 unspecified atom stereocenters. The molecule has 0 spiro atoms. The van der Waals surface area contributed by atoms with E-state index in [0.29, 0.717) is 17.1 Å². The minimum absolute atomic E-state index is 0.00902. The quantitative estimate of drug-likeness (QED) is 0.148. The van der Waals surface area contributed by atoms with Gasteiger partial charge in [-0.1, -0.05) is 38.1 Å². The first-order chi connectivity index (χ1) is 21.7. The predicted octanol–water partition coefficient (Wildman–Crippen LogP) is 10.1. The largest absolute Gasteiger partial charge is 0.573 e. The first-order valence-corrected chi connectivity index (χ1v) is 13.8. The van der Waals surface area contributed by atoms with Gasteiger partial charge in [-0.05, 0) is 59.7 Å². The average molecular weight is 681 g/mol. The monoisotopic (exact) mass is 680 g/mol. The van der Waals surface area contributed by atoms with Crippen molar-refractivity contribution in [3.63, 3.8) is 0 Å². The highest BCUT2D eigenvalue weighted by molar-refractivity contribution is 6.17. The Morgan fingerprint density at radius 3 is 1.33 bits per heavy atom. The van der Waals surface area contributed by atoms with Crippen LogP contribution >= 0.6 is 11.6 Å². The lowest BCUT2D eigenvalue weighted by molar-refractivity contribution is -0.275. The van der Waals surface area contributed by atoms with Crippen molar-refractivity contribution in [1.29, 1.82) is 0 Å². The van der Waals surface area contributed by atoms with Crippen molar-refractivity contribution in [3.05, 3.63) is 95.6 Å². The van der Waals surface area contributed by atoms with Gasteiger partial charge in [-0.25, -0.2) is 8.78 Å². The number of hydrogen-bond donors (Lipinski definition) is 1. The molecule has 4 aromatic carbocycles. The molecule has 4 rings (SSSR count). The number of aliphatic hydroxyl groups excluding tert-OH is 1. The standard InChI is InChI=1S/C15H11ClF4O2.C15H12F4O3.C2H6/c1-21-10-3-5-13(17)12(7-10)11-4-2-9(8-16)6-14(11)22-15(18,19)20;1-21-10-3-5-13(16)12(7-10)11-4-2-9(8-20)6-14(11)22-15(17,18)19;1-2/h2-7H,8H2,1H3;2-7,20H,8H2,1H3;1-2H3. The van der Waals surface area contributed by atoms with Gasteiger partial charge in [0.15, 0.2) is 0 Å². The lowest BCUT2D eigenvalue weighted by Gasteiger charge is -2.15. The van der Waals surface area contributed by atoms with Crippen molar-refractivity contribution < 1.29 is 59.2 Å². The highest BCUT2D eigenvalue weighted by atomic mass is 35.5. The number of halogens is 9. The molecule has 1 N–H and O–H groups in total. The number of ether oxygens (including phenoxy) is 4. The molecule has 0 saturated carbocycles. The Labute approximate surface area is 264 Å². The maximum atomic E-state index is 14.0. The molecule has 0 aliphatic rings. The molecule has 0 saturated heterocycles. The van der Waals surface area contributed by atoms with Gasteiger partial charge in [0.1, 0.15) is 34.6 Å². The van der Waals surface area contributed by atoms with E-state index in [2.05, 4.69) is 9.47 Å². The van der Waals surface area contributed by atoms with E-state index < -0.39 is 42.5 Å². The van der Waals surface area contributed by atoms with Crippen molar-refractivity contribution in [3.8, 4) is 45.3 Å². The van der Waals surface area contributed by atoms with Crippen LogP contribution < -0.4 is 18.9 Å². The Balaban J connectivity index is 0.000000304. The van der Waals surface area contributed by atoms with Crippen molar-refractivity contribution in [2.75, 3.05) is 14.2 Å². The SMILES string of the molecule is CC.COc1ccc(F)c(-c2ccc(CCl)cc2OC(F)(F)F)c1.COc1ccc(F)c(-c2ccc(CO)cc2OC(F)(F)F)c1. The van der Waals surface area contributed by atoms with E-state index in [1.165, 1.54) is 62.8 Å². The van der Waals surface area contributed by atoms with Crippen LogP contribution in [-0.2, 0) is 12.5 Å². The van der Waals surface area contributed by atoms with Crippen molar-refractivity contribution in [2.45, 2.75) is 39.1 Å². The van der Waals surface area contributed by atoms with Crippen LogP contribution in [0.15, 0.2) is 72.8 Å². The minimum Gasteiger partial charge on any atom is -0.497 e. The van der Waals surface area contributed by atoms with Crippen LogP contribution in [0.25, 0.3) is 22.3 Å². The van der Waals surface area contributed by atoms with Gasteiger partial charge in [0.05, 0.1) is 20.8 Å². The zero-order valence-electron chi connectivity index (χ0n) is 24.8. The summed E-state index contributed by atoms with van der Waals surface area (Å²) in [7, 11) is 2.74. The third-order valence-electron chi connectivity index (χ3n) is 5.81. The van der Waals surface area contributed by atoms with Crippen molar-refractivity contribution in [2.24, 2.45) is 0 Å². The molecule has 0 fully saturated rings. The van der Waals surface area contributed by atoms with Gasteiger partial charge in [0.25, 0.3) is 0 Å². The maximum absolute atomic E-state index is 14.0. The van der Waals surface area contributed by atoms with Gasteiger partial charge in [-0.3, -0.25) is 0 Å². The van der Waals surface area contributed by atoms with Crippen molar-refractivity contribution >= 4 is 11.6 Å². The molecular weight excluding hydrogens is 652 g/mol. The van der Waals surface area contributed by atoms with Crippen LogP contribution in [0.3, 0.4) is 0 Å². The van der Waals surface area contributed by atoms with E-state index in [9.17, 15) is 35.1 Å². The summed E-state index contributed by atoms with van der Waals surface area (Å²) in [4.78, 5) is 0. The fourth-order valence-electron chi connectivity index (χ4n) is 3.85. The van der Waals surface area contributed by atoms with E-state index in [1.807, 2.05) is 13.8 Å². The Hall–Kier alpha value is -4.23. The molecule has 0 heterocycles. The van der Waals surface area contributed by atoms with Crippen molar-refractivity contribution in [1.82, 2.24) is 0 Å². The summed E-state index contributed by atoms with van der Waals surface area (Å²) in [5, 5.41) is 9.03. The summed E-state index contributed by atoms with van der Waals surface area (Å²) in [5.74, 6) is -1.90. The third-order valence-corrected chi connectivity index (χ3v) is 6.12. The number of rotatable bonds is 8. The molecule has 0 radical (unpaired) electrons. The predicted molar refractivity (Wildman–Crippen MR) is 157 cm³/mol. The van der Waals surface area contributed by atoms with Crippen LogP contribution in [-0.4, -0.2) is 32.1 Å². The first kappa shape index (κ1) is 38.0. The third kappa shape index (κ3) is 11.0. The van der Waals surface area contributed by atoms with Gasteiger partial charge in [-0.15, -0.1) is 37.9 Å². The summed E-state index contributed by atoms with van der Waals surface area (Å²) in [6.45, 7) is 3.54. The number of benzene rings is 4. The molecule has 250 valence electrons. The van der Waals surface area contributed by atoms with Crippen LogP contribution in [0.4, 0.5) is 35.1 Å². The smallest absolute Gasteiger partial charge is 0.497 e. The maximum Gasteiger partial charge on any atom is 0.573 e. The van der Waals surface area contributed by atoms with E-state index >= 15 is 0 Å². The lowest BCUT2D eigenvalue weighted by atomic mass is 10.0. The normalized spacial score (nSPS) is 11.0. The minimum atomic E-state index is -4.93. The molecule has 0 aromatic heterocycles. The second-order valence-electron chi connectivity index (χ2n) is 8.74. The van der Waals surface area contributed by atoms with Gasteiger partial charge < -0.3 is 24.1 Å². The van der Waals surface area contributed by atoms with E-state index in [-0.39, 0.29) is 33.7 Å². The second kappa shape index (κ2) is 16.9. The number of alkyl halides is 7. The molecule has 0 amide bonds. The highest BCUT2D eigenvalue weighted by Gasteiger charge is 2.33. The van der Waals surface area contributed by atoms with Crippen LogP contribution in [0, 0.1) is 11.6 Å². The Bertz CT molecular complexity index is 1460. The Morgan fingerprint density at radius 1 is 0.587 bits per heavy atom. The average Bonchev–Trinajstić information content (AvgIpc) is 3.01. The summed E-state index contributed by atoms with van der Waals surface area (Å²) in [6, 6.07) is 15.1. The van der Waals surface area contributed by atoms with E-state index in [4.69, 9.17) is 26.2 Å². The molecule has 14 heteroatoms. The van der Waals surface area contributed by atoms with Gasteiger partial charge in [0, 0.05) is 28.1 Å². The number of hydrogen-bond acceptors (Lipinski definition) is 5. The molecule has 0 atom stereocenters. The fraction of sp³-hybridized carbons (Fsp3) is 0.250. The van der Waals surface area contributed by atoms with Gasteiger partial charge in [0.2, 0.25) is 0 Å². The van der Waals surface area contributed by atoms with Crippen LogP contribution in [0.2, 0.25) is 0 Å². The lowest BCUT2D eigenvalue weighted by Crippen LogP contribution is -2.18. The zero-order chi connectivity index (χ0) is 34.7. The number of methoxy groups -OCH3 is 2. The van der Waals surface area contributed by atoms with Gasteiger partial charge in [-0.2, -0.15) is 0 Å². The summed E-state index contributed by atoms with van der Waals surface area (Å²) >= 11 is 5.62. The molecule has 4 aromatic rings. The topological polar surface area (TPSA) is 57.2 Å². The summed E-state index contributed by atoms with van der Waals surface area (Å²) < 4.78 is 121. The van der Waals surface area contributed by atoms with Crippen LogP contribution in [0.1, 0.15) is 25.0 Å². The van der Waals surface area contributed by atoms with E-state index in [0.717, 1.165) is 24.3 Å². The summed E-state index contributed by atoms with van der Waals surface area (Å²) in [6.07, 6.45) is -9.83. The van der Waals surface area contributed by atoms with E-state index in [1.54, 1.807) is 0 Å². The number of aliphatic hydroxyl groups is 1. The van der Waals surface area contributed by atoms with Crippen LogP contribution in [0.5, 0.6) is 23.0 Å². The molecule has 5 nitrogen and oxygen atoms in total. The Morgan fingerprint density at radius 2 is 0.978 bits per heavy atom. The molecular formula is C32H29ClF8O5. The first-order valence-electron chi connectivity index (χ1n) is 13.3. The second-order valence-corrected chi connectivity index (χ2v) is 9.01.